The van der Waals surface area contributed by atoms with Crippen molar-refractivity contribution in [3.63, 3.8) is 0 Å². The van der Waals surface area contributed by atoms with Crippen LogP contribution in [0.4, 0.5) is 0 Å². The van der Waals surface area contributed by atoms with Crippen LogP contribution in [-0.4, -0.2) is 29.0 Å². The van der Waals surface area contributed by atoms with Crippen molar-refractivity contribution in [2.24, 2.45) is 0 Å². The molecule has 3 rings (SSSR count). The lowest BCUT2D eigenvalue weighted by molar-refractivity contribution is -0.121. The number of amides is 1. The van der Waals surface area contributed by atoms with Gasteiger partial charge in [0.05, 0.1) is 17.3 Å². The molecule has 5 nitrogen and oxygen atoms in total. The van der Waals surface area contributed by atoms with Crippen LogP contribution >= 0.6 is 11.3 Å². The summed E-state index contributed by atoms with van der Waals surface area (Å²) in [6.45, 7) is 1.14. The molecule has 1 aromatic carbocycles. The zero-order valence-corrected chi connectivity index (χ0v) is 15.2. The van der Waals surface area contributed by atoms with Gasteiger partial charge in [-0.2, -0.15) is 0 Å². The maximum atomic E-state index is 11.9. The van der Waals surface area contributed by atoms with Crippen LogP contribution in [0.1, 0.15) is 17.8 Å². The summed E-state index contributed by atoms with van der Waals surface area (Å²) in [5.74, 6) is 0.881. The van der Waals surface area contributed by atoms with E-state index in [1.165, 1.54) is 0 Å². The third-order valence-electron chi connectivity index (χ3n) is 3.73. The number of carbonyl (C=O) groups is 1. The van der Waals surface area contributed by atoms with Crippen LogP contribution in [0.3, 0.4) is 0 Å². The van der Waals surface area contributed by atoms with Crippen LogP contribution in [0.2, 0.25) is 0 Å². The van der Waals surface area contributed by atoms with Gasteiger partial charge in [0.25, 0.3) is 0 Å². The van der Waals surface area contributed by atoms with E-state index >= 15 is 0 Å². The number of hydrogen-bond donors (Lipinski definition) is 1. The third-order valence-corrected chi connectivity index (χ3v) is 4.64. The smallest absolute Gasteiger partial charge is 0.220 e. The first-order valence-electron chi connectivity index (χ1n) is 8.60. The predicted molar refractivity (Wildman–Crippen MR) is 103 cm³/mol. The van der Waals surface area contributed by atoms with Gasteiger partial charge < -0.3 is 10.1 Å². The molecule has 3 aromatic rings. The highest BCUT2D eigenvalue weighted by molar-refractivity contribution is 7.09. The fourth-order valence-electron chi connectivity index (χ4n) is 2.41. The summed E-state index contributed by atoms with van der Waals surface area (Å²) in [6, 6.07) is 13.5. The second kappa shape index (κ2) is 9.68. The molecule has 134 valence electrons. The number of rotatable bonds is 9. The van der Waals surface area contributed by atoms with Gasteiger partial charge in [-0.3, -0.25) is 9.78 Å². The quantitative estimate of drug-likeness (QED) is 0.586. The fraction of sp³-hybridized carbons (Fsp3) is 0.250. The van der Waals surface area contributed by atoms with Crippen LogP contribution in [0.5, 0.6) is 5.75 Å². The van der Waals surface area contributed by atoms with Gasteiger partial charge in [-0.1, -0.05) is 18.2 Å². The van der Waals surface area contributed by atoms with Crippen molar-refractivity contribution in [1.82, 2.24) is 15.3 Å². The van der Waals surface area contributed by atoms with Crippen molar-refractivity contribution < 1.29 is 9.53 Å². The topological polar surface area (TPSA) is 64.1 Å². The van der Waals surface area contributed by atoms with Gasteiger partial charge in [0.2, 0.25) is 5.91 Å². The van der Waals surface area contributed by atoms with Gasteiger partial charge in [-0.15, -0.1) is 11.3 Å². The summed E-state index contributed by atoms with van der Waals surface area (Å²) in [4.78, 5) is 20.6. The minimum Gasteiger partial charge on any atom is -0.494 e. The normalized spacial score (nSPS) is 10.5. The van der Waals surface area contributed by atoms with Gasteiger partial charge >= 0.3 is 0 Å². The van der Waals surface area contributed by atoms with Crippen LogP contribution in [-0.2, 0) is 11.2 Å². The van der Waals surface area contributed by atoms with Crippen LogP contribution in [0.25, 0.3) is 11.3 Å². The highest BCUT2D eigenvalue weighted by atomic mass is 32.1. The average Bonchev–Trinajstić information content (AvgIpc) is 3.16. The maximum Gasteiger partial charge on any atom is 0.220 e. The molecule has 0 aliphatic heterocycles. The molecule has 1 amide bonds. The molecule has 0 unspecified atom stereocenters. The molecule has 2 aromatic heterocycles. The standard InChI is InChI=1S/C20H21N3O2S/c24-19(9-5-13-25-17-7-2-1-3-8-17)22-12-10-20-23-18(15-26-20)16-6-4-11-21-14-16/h1-4,6-8,11,14-15H,5,9-10,12-13H2,(H,22,24). The van der Waals surface area contributed by atoms with E-state index in [-0.39, 0.29) is 5.91 Å². The van der Waals surface area contributed by atoms with Gasteiger partial charge in [-0.05, 0) is 30.7 Å². The molecule has 0 saturated heterocycles. The molecular formula is C20H21N3O2S. The van der Waals surface area contributed by atoms with Gasteiger partial charge in [0.15, 0.2) is 0 Å². The van der Waals surface area contributed by atoms with Crippen LogP contribution in [0.15, 0.2) is 60.2 Å². The minimum atomic E-state index is 0.0469. The molecule has 0 fully saturated rings. The van der Waals surface area contributed by atoms with Gasteiger partial charge in [-0.25, -0.2) is 4.98 Å². The Labute approximate surface area is 157 Å². The summed E-state index contributed by atoms with van der Waals surface area (Å²) in [7, 11) is 0. The zero-order chi connectivity index (χ0) is 18.0. The Kier molecular flexibility index (Phi) is 6.73. The van der Waals surface area contributed by atoms with Crippen molar-refractivity contribution in [3.8, 4) is 17.0 Å². The molecule has 6 heteroatoms. The Morgan fingerprint density at radius 3 is 2.85 bits per heavy atom. The SMILES string of the molecule is O=C(CCCOc1ccccc1)NCCc1nc(-c2cccnc2)cs1. The van der Waals surface area contributed by atoms with Crippen molar-refractivity contribution in [3.05, 3.63) is 65.2 Å². The first-order valence-corrected chi connectivity index (χ1v) is 9.48. The highest BCUT2D eigenvalue weighted by Gasteiger charge is 2.06. The summed E-state index contributed by atoms with van der Waals surface area (Å²) in [5.41, 5.74) is 1.94. The van der Waals surface area contributed by atoms with Crippen molar-refractivity contribution in [1.29, 1.82) is 0 Å². The van der Waals surface area contributed by atoms with Gasteiger partial charge in [0.1, 0.15) is 5.75 Å². The van der Waals surface area contributed by atoms with E-state index in [9.17, 15) is 4.79 Å². The van der Waals surface area contributed by atoms with Crippen LogP contribution in [0, 0.1) is 0 Å². The lowest BCUT2D eigenvalue weighted by Crippen LogP contribution is -2.25. The van der Waals surface area contributed by atoms with E-state index < -0.39 is 0 Å². The monoisotopic (exact) mass is 367 g/mol. The number of carbonyl (C=O) groups excluding carboxylic acids is 1. The Bertz CT molecular complexity index is 806. The number of nitrogens with one attached hydrogen (secondary N) is 1. The average molecular weight is 367 g/mol. The first-order chi connectivity index (χ1) is 12.8. The molecule has 0 bridgehead atoms. The van der Waals surface area contributed by atoms with Gasteiger partial charge in [0, 0.05) is 42.7 Å². The number of hydrogen-bond acceptors (Lipinski definition) is 5. The molecule has 0 radical (unpaired) electrons. The number of pyridine rings is 1. The third kappa shape index (κ3) is 5.67. The van der Waals surface area contributed by atoms with E-state index in [0.29, 0.717) is 26.0 Å². The molecule has 2 heterocycles. The fourth-order valence-corrected chi connectivity index (χ4v) is 3.22. The lowest BCUT2D eigenvalue weighted by Gasteiger charge is -2.06. The van der Waals surface area contributed by atoms with Crippen LogP contribution < -0.4 is 10.1 Å². The van der Waals surface area contributed by atoms with E-state index in [4.69, 9.17) is 4.74 Å². The number of aromatic nitrogens is 2. The molecule has 1 N–H and O–H groups in total. The summed E-state index contributed by atoms with van der Waals surface area (Å²) < 4.78 is 5.58. The predicted octanol–water partition coefficient (Wildman–Crippen LogP) is 3.72. The molecule has 0 saturated carbocycles. The van der Waals surface area contributed by atoms with E-state index in [1.807, 2.05) is 47.8 Å². The van der Waals surface area contributed by atoms with E-state index in [1.54, 1.807) is 23.7 Å². The number of nitrogens with zero attached hydrogens (tertiary/aromatic N) is 2. The second-order valence-electron chi connectivity index (χ2n) is 5.73. The Morgan fingerprint density at radius 2 is 2.04 bits per heavy atom. The highest BCUT2D eigenvalue weighted by Crippen LogP contribution is 2.20. The number of para-hydroxylation sites is 1. The number of ether oxygens (including phenoxy) is 1. The molecule has 0 aliphatic carbocycles. The molecule has 0 atom stereocenters. The molecular weight excluding hydrogens is 346 g/mol. The van der Waals surface area contributed by atoms with E-state index in [0.717, 1.165) is 28.4 Å². The van der Waals surface area contributed by atoms with Crippen molar-refractivity contribution >= 4 is 17.2 Å². The number of benzene rings is 1. The lowest BCUT2D eigenvalue weighted by atomic mass is 10.2. The Morgan fingerprint density at radius 1 is 1.15 bits per heavy atom. The van der Waals surface area contributed by atoms with E-state index in [2.05, 4.69) is 15.3 Å². The summed E-state index contributed by atoms with van der Waals surface area (Å²) >= 11 is 1.60. The second-order valence-corrected chi connectivity index (χ2v) is 6.68. The Hall–Kier alpha value is -2.73. The Balaban J connectivity index is 1.32. The molecule has 0 spiro atoms. The minimum absolute atomic E-state index is 0.0469. The molecule has 0 aliphatic rings. The zero-order valence-electron chi connectivity index (χ0n) is 14.4. The summed E-state index contributed by atoms with van der Waals surface area (Å²) in [5, 5.41) is 5.97. The first kappa shape index (κ1) is 18.1. The van der Waals surface area contributed by atoms with Crippen molar-refractivity contribution in [2.75, 3.05) is 13.2 Å². The maximum absolute atomic E-state index is 11.9. The van der Waals surface area contributed by atoms with Crippen molar-refractivity contribution in [2.45, 2.75) is 19.3 Å². The largest absolute Gasteiger partial charge is 0.494 e. The molecule has 26 heavy (non-hydrogen) atoms. The number of thiazole rings is 1. The summed E-state index contributed by atoms with van der Waals surface area (Å²) in [6.07, 6.45) is 5.45.